The smallest absolute Gasteiger partial charge is 0.263 e. The summed E-state index contributed by atoms with van der Waals surface area (Å²) in [4.78, 5) is 27.5. The maximum atomic E-state index is 13.4. The van der Waals surface area contributed by atoms with Gasteiger partial charge >= 0.3 is 0 Å². The van der Waals surface area contributed by atoms with Gasteiger partial charge in [0.15, 0.2) is 0 Å². The Hall–Kier alpha value is -3.37. The second-order valence-corrected chi connectivity index (χ2v) is 11.4. The highest BCUT2D eigenvalue weighted by Crippen LogP contribution is 2.31. The summed E-state index contributed by atoms with van der Waals surface area (Å²) < 4.78 is 27.8. The number of nitrogens with zero attached hydrogens (tertiary/aromatic N) is 5. The van der Waals surface area contributed by atoms with Gasteiger partial charge in [-0.1, -0.05) is 11.6 Å². The van der Waals surface area contributed by atoms with Crippen LogP contribution in [0.1, 0.15) is 18.9 Å². The van der Waals surface area contributed by atoms with Crippen molar-refractivity contribution >= 4 is 44.7 Å². The Balaban J connectivity index is 1.19. The molecule has 1 unspecified atom stereocenters. The zero-order valence-electron chi connectivity index (χ0n) is 20.5. The Morgan fingerprint density at radius 2 is 1.78 bits per heavy atom. The molecule has 5 rings (SSSR count). The predicted molar refractivity (Wildman–Crippen MR) is 145 cm³/mol. The molecular weight excluding hydrogens is 512 g/mol. The minimum atomic E-state index is -3.75. The van der Waals surface area contributed by atoms with Crippen molar-refractivity contribution in [2.75, 3.05) is 47.2 Å². The third-order valence-electron chi connectivity index (χ3n) is 6.95. The molecule has 1 aromatic heterocycles. The van der Waals surface area contributed by atoms with E-state index in [2.05, 4.69) is 24.5 Å². The minimum absolute atomic E-state index is 0.125. The topological polar surface area (TPSA) is 98.7 Å². The van der Waals surface area contributed by atoms with Crippen LogP contribution in [0.3, 0.4) is 0 Å². The maximum Gasteiger partial charge on any atom is 0.263 e. The minimum Gasteiger partial charge on any atom is -0.368 e. The largest absolute Gasteiger partial charge is 0.368 e. The monoisotopic (exact) mass is 540 g/mol. The second-order valence-electron chi connectivity index (χ2n) is 9.25. The molecule has 9 nitrogen and oxygen atoms in total. The summed E-state index contributed by atoms with van der Waals surface area (Å²) in [7, 11) is -3.75. The first kappa shape index (κ1) is 25.3. The molecular formula is C26H29ClN6O3S. The van der Waals surface area contributed by atoms with Gasteiger partial charge in [-0.05, 0) is 73.9 Å². The average Bonchev–Trinajstić information content (AvgIpc) is 2.92. The van der Waals surface area contributed by atoms with Crippen molar-refractivity contribution in [3.63, 3.8) is 0 Å². The van der Waals surface area contributed by atoms with Crippen LogP contribution in [-0.2, 0) is 21.2 Å². The number of hydrogen-bond donors (Lipinski definition) is 1. The van der Waals surface area contributed by atoms with Crippen LogP contribution in [0.2, 0.25) is 5.02 Å². The fraction of sp³-hybridized carbons (Fsp3) is 0.346. The van der Waals surface area contributed by atoms with E-state index in [1.54, 1.807) is 24.3 Å². The lowest BCUT2D eigenvalue weighted by atomic mass is 10.00. The number of halogens is 1. The van der Waals surface area contributed by atoms with E-state index >= 15 is 0 Å². The Morgan fingerprint density at radius 3 is 2.49 bits per heavy atom. The normalized spacial score (nSPS) is 16.8. The van der Waals surface area contributed by atoms with Gasteiger partial charge in [-0.3, -0.25) is 9.52 Å². The molecule has 0 radical (unpaired) electrons. The lowest BCUT2D eigenvalue weighted by Gasteiger charge is -2.41. The molecule has 3 aromatic rings. The van der Waals surface area contributed by atoms with Crippen molar-refractivity contribution in [1.29, 1.82) is 0 Å². The molecule has 0 spiro atoms. The van der Waals surface area contributed by atoms with Crippen molar-refractivity contribution in [3.8, 4) is 0 Å². The van der Waals surface area contributed by atoms with Crippen LogP contribution in [0, 0.1) is 0 Å². The molecule has 0 aliphatic carbocycles. The summed E-state index contributed by atoms with van der Waals surface area (Å²) >= 11 is 6.18. The highest BCUT2D eigenvalue weighted by Gasteiger charge is 2.31. The van der Waals surface area contributed by atoms with Crippen LogP contribution in [-0.4, -0.2) is 68.0 Å². The number of aryl methyl sites for hydroxylation is 1. The first-order chi connectivity index (χ1) is 17.8. The Bertz CT molecular complexity index is 1360. The standard InChI is InChI=1S/C26H29ClN6O3S/c1-19(33-12-2-3-20-17-21(27)4-9-24(20)33)26(34)32-15-13-31(14-16-32)22-5-7-23(8-6-22)37(35,36)30-25-10-11-28-18-29-25/h4-11,17-19H,2-3,12-16H2,1H3,(H,28,29,30). The van der Waals surface area contributed by atoms with Crippen molar-refractivity contribution in [1.82, 2.24) is 14.9 Å². The molecule has 3 heterocycles. The zero-order chi connectivity index (χ0) is 26.0. The number of piperazine rings is 1. The molecule has 2 aliphatic heterocycles. The summed E-state index contributed by atoms with van der Waals surface area (Å²) in [6.07, 6.45) is 4.73. The average molecular weight is 541 g/mol. The first-order valence-electron chi connectivity index (χ1n) is 12.3. The lowest BCUT2D eigenvalue weighted by Crippen LogP contribution is -2.55. The number of aromatic nitrogens is 2. The Morgan fingerprint density at radius 1 is 1.03 bits per heavy atom. The van der Waals surface area contributed by atoms with Gasteiger partial charge in [0.2, 0.25) is 5.91 Å². The van der Waals surface area contributed by atoms with Gasteiger partial charge in [0.05, 0.1) is 4.90 Å². The molecule has 1 atom stereocenters. The van der Waals surface area contributed by atoms with E-state index < -0.39 is 10.0 Å². The molecule has 1 N–H and O–H groups in total. The number of benzene rings is 2. The summed E-state index contributed by atoms with van der Waals surface area (Å²) in [6.45, 7) is 5.40. The van der Waals surface area contributed by atoms with Crippen molar-refractivity contribution in [2.24, 2.45) is 0 Å². The van der Waals surface area contributed by atoms with E-state index in [1.165, 1.54) is 24.2 Å². The van der Waals surface area contributed by atoms with Gasteiger partial charge in [-0.25, -0.2) is 18.4 Å². The van der Waals surface area contributed by atoms with Crippen LogP contribution in [0.15, 0.2) is 66.0 Å². The molecule has 1 fully saturated rings. The van der Waals surface area contributed by atoms with Gasteiger partial charge in [0, 0.05) is 55.3 Å². The van der Waals surface area contributed by atoms with Crippen molar-refractivity contribution in [3.05, 3.63) is 71.6 Å². The summed E-state index contributed by atoms with van der Waals surface area (Å²) in [5.41, 5.74) is 3.21. The molecule has 1 saturated heterocycles. The summed E-state index contributed by atoms with van der Waals surface area (Å²) in [5, 5.41) is 0.725. The van der Waals surface area contributed by atoms with Gasteiger partial charge in [-0.2, -0.15) is 0 Å². The molecule has 0 bridgehead atoms. The molecule has 1 amide bonds. The predicted octanol–water partition coefficient (Wildman–Crippen LogP) is 3.42. The van der Waals surface area contributed by atoms with E-state index in [1.807, 2.05) is 30.0 Å². The van der Waals surface area contributed by atoms with Crippen LogP contribution >= 0.6 is 11.6 Å². The van der Waals surface area contributed by atoms with E-state index in [0.29, 0.717) is 26.2 Å². The Kier molecular flexibility index (Phi) is 7.21. The molecule has 194 valence electrons. The van der Waals surface area contributed by atoms with Gasteiger partial charge < -0.3 is 14.7 Å². The maximum absolute atomic E-state index is 13.4. The van der Waals surface area contributed by atoms with Crippen LogP contribution in [0.25, 0.3) is 0 Å². The van der Waals surface area contributed by atoms with Crippen LogP contribution in [0.4, 0.5) is 17.2 Å². The molecule has 2 aliphatic rings. The number of rotatable bonds is 6. The number of amides is 1. The molecule has 37 heavy (non-hydrogen) atoms. The van der Waals surface area contributed by atoms with Crippen molar-refractivity contribution in [2.45, 2.75) is 30.7 Å². The van der Waals surface area contributed by atoms with Gasteiger partial charge in [0.1, 0.15) is 18.2 Å². The number of anilines is 3. The summed E-state index contributed by atoms with van der Waals surface area (Å²) in [5.74, 6) is 0.339. The number of carbonyl (C=O) groups is 1. The third kappa shape index (κ3) is 5.50. The van der Waals surface area contributed by atoms with Crippen molar-refractivity contribution < 1.29 is 13.2 Å². The summed E-state index contributed by atoms with van der Waals surface area (Å²) in [6, 6.07) is 13.9. The lowest BCUT2D eigenvalue weighted by molar-refractivity contribution is -0.132. The Labute approximate surface area is 222 Å². The number of nitrogens with one attached hydrogen (secondary N) is 1. The third-order valence-corrected chi connectivity index (χ3v) is 8.55. The van der Waals surface area contributed by atoms with Gasteiger partial charge in [-0.15, -0.1) is 0 Å². The highest BCUT2D eigenvalue weighted by atomic mass is 35.5. The highest BCUT2D eigenvalue weighted by molar-refractivity contribution is 7.92. The second kappa shape index (κ2) is 10.5. The van der Waals surface area contributed by atoms with Crippen LogP contribution in [0.5, 0.6) is 0 Å². The van der Waals surface area contributed by atoms with E-state index in [0.717, 1.165) is 35.8 Å². The number of carbonyl (C=O) groups excluding carboxylic acids is 1. The quantitative estimate of drug-likeness (QED) is 0.511. The molecule has 0 saturated carbocycles. The fourth-order valence-corrected chi connectivity index (χ4v) is 6.17. The fourth-order valence-electron chi connectivity index (χ4n) is 4.96. The first-order valence-corrected chi connectivity index (χ1v) is 14.2. The number of sulfonamides is 1. The zero-order valence-corrected chi connectivity index (χ0v) is 22.1. The van der Waals surface area contributed by atoms with E-state index in [-0.39, 0.29) is 22.7 Å². The number of fused-ring (bicyclic) bond motifs is 1. The molecule has 2 aromatic carbocycles. The van der Waals surface area contributed by atoms with Crippen LogP contribution < -0.4 is 14.5 Å². The van der Waals surface area contributed by atoms with E-state index in [4.69, 9.17) is 11.6 Å². The number of hydrogen-bond acceptors (Lipinski definition) is 7. The van der Waals surface area contributed by atoms with E-state index in [9.17, 15) is 13.2 Å². The van der Waals surface area contributed by atoms with Gasteiger partial charge in [0.25, 0.3) is 10.0 Å². The molecule has 11 heteroatoms. The SMILES string of the molecule is CC(C(=O)N1CCN(c2ccc(S(=O)(=O)Nc3ccncn3)cc2)CC1)N1CCCc2cc(Cl)ccc21.